The monoisotopic (exact) mass is 236 g/mol. The lowest BCUT2D eigenvalue weighted by Crippen LogP contribution is -2.31. The maximum absolute atomic E-state index is 5.82. The Morgan fingerprint density at radius 1 is 1.35 bits per heavy atom. The zero-order chi connectivity index (χ0) is 12.8. The third-order valence-electron chi connectivity index (χ3n) is 2.83. The molecule has 1 unspecified atom stereocenters. The first-order chi connectivity index (χ1) is 8.08. The predicted octanol–water partition coefficient (Wildman–Crippen LogP) is 2.25. The summed E-state index contributed by atoms with van der Waals surface area (Å²) in [6.45, 7) is 8.03. The molecule has 0 heterocycles. The molecule has 3 heteroatoms. The van der Waals surface area contributed by atoms with E-state index >= 15 is 0 Å². The van der Waals surface area contributed by atoms with Gasteiger partial charge < -0.3 is 15.8 Å². The van der Waals surface area contributed by atoms with E-state index in [4.69, 9.17) is 10.5 Å². The molecule has 0 bridgehead atoms. The molecule has 0 aliphatic rings. The van der Waals surface area contributed by atoms with Gasteiger partial charge in [0.15, 0.2) is 0 Å². The molecule has 3 nitrogen and oxygen atoms in total. The molecular formula is C14H24N2O. The van der Waals surface area contributed by atoms with Crippen LogP contribution >= 0.6 is 0 Å². The number of hydrogen-bond donors (Lipinski definition) is 2. The van der Waals surface area contributed by atoms with Crippen LogP contribution in [-0.2, 0) is 0 Å². The molecule has 1 atom stereocenters. The fraction of sp³-hybridized carbons (Fsp3) is 0.571. The van der Waals surface area contributed by atoms with Crippen LogP contribution in [-0.4, -0.2) is 20.2 Å². The Bertz CT molecular complexity index is 350. The molecule has 0 saturated heterocycles. The van der Waals surface area contributed by atoms with Gasteiger partial charge in [0, 0.05) is 12.6 Å². The molecule has 0 spiro atoms. The SMILES string of the molecule is COc1ccc(C(CN)NCC(C)C)cc1C. The maximum Gasteiger partial charge on any atom is 0.121 e. The van der Waals surface area contributed by atoms with Crippen LogP contribution < -0.4 is 15.8 Å². The van der Waals surface area contributed by atoms with Crippen molar-refractivity contribution in [1.29, 1.82) is 0 Å². The molecule has 3 N–H and O–H groups in total. The van der Waals surface area contributed by atoms with Crippen molar-refractivity contribution in [1.82, 2.24) is 5.32 Å². The second-order valence-corrected chi connectivity index (χ2v) is 4.82. The zero-order valence-electron chi connectivity index (χ0n) is 11.3. The first-order valence-electron chi connectivity index (χ1n) is 6.16. The molecule has 0 fully saturated rings. The summed E-state index contributed by atoms with van der Waals surface area (Å²) in [6.07, 6.45) is 0. The summed E-state index contributed by atoms with van der Waals surface area (Å²) in [5.41, 5.74) is 8.19. The highest BCUT2D eigenvalue weighted by Gasteiger charge is 2.11. The lowest BCUT2D eigenvalue weighted by Gasteiger charge is -2.19. The number of aryl methyl sites for hydroxylation is 1. The summed E-state index contributed by atoms with van der Waals surface area (Å²) in [6, 6.07) is 6.45. The number of rotatable bonds is 6. The Balaban J connectivity index is 2.78. The van der Waals surface area contributed by atoms with Gasteiger partial charge in [-0.05, 0) is 36.6 Å². The van der Waals surface area contributed by atoms with Gasteiger partial charge in [0.1, 0.15) is 5.75 Å². The molecule has 0 radical (unpaired) electrons. The van der Waals surface area contributed by atoms with Gasteiger partial charge in [-0.1, -0.05) is 26.0 Å². The van der Waals surface area contributed by atoms with E-state index in [2.05, 4.69) is 38.2 Å². The second kappa shape index (κ2) is 6.62. The maximum atomic E-state index is 5.82. The highest BCUT2D eigenvalue weighted by atomic mass is 16.5. The third kappa shape index (κ3) is 4.02. The average Bonchev–Trinajstić information content (AvgIpc) is 2.29. The van der Waals surface area contributed by atoms with Gasteiger partial charge in [0.2, 0.25) is 0 Å². The van der Waals surface area contributed by atoms with Crippen molar-refractivity contribution >= 4 is 0 Å². The summed E-state index contributed by atoms with van der Waals surface area (Å²) in [7, 11) is 1.69. The Labute approximate surface area is 104 Å². The normalized spacial score (nSPS) is 12.8. The van der Waals surface area contributed by atoms with Crippen molar-refractivity contribution in [3.8, 4) is 5.75 Å². The minimum absolute atomic E-state index is 0.224. The lowest BCUT2D eigenvalue weighted by molar-refractivity contribution is 0.411. The van der Waals surface area contributed by atoms with Gasteiger partial charge in [-0.15, -0.1) is 0 Å². The van der Waals surface area contributed by atoms with E-state index < -0.39 is 0 Å². The third-order valence-corrected chi connectivity index (χ3v) is 2.83. The number of nitrogens with two attached hydrogens (primary N) is 1. The predicted molar refractivity (Wildman–Crippen MR) is 72.4 cm³/mol. The first kappa shape index (κ1) is 14.0. The fourth-order valence-electron chi connectivity index (χ4n) is 1.83. The molecule has 0 amide bonds. The van der Waals surface area contributed by atoms with Gasteiger partial charge >= 0.3 is 0 Å². The Kier molecular flexibility index (Phi) is 5.45. The van der Waals surface area contributed by atoms with Crippen LogP contribution in [0.2, 0.25) is 0 Å². The number of nitrogens with one attached hydrogen (secondary N) is 1. The van der Waals surface area contributed by atoms with E-state index in [1.807, 2.05) is 6.07 Å². The van der Waals surface area contributed by atoms with Crippen LogP contribution in [0.1, 0.15) is 31.0 Å². The number of ether oxygens (including phenoxy) is 1. The zero-order valence-corrected chi connectivity index (χ0v) is 11.3. The quantitative estimate of drug-likeness (QED) is 0.796. The molecule has 0 aromatic heterocycles. The minimum atomic E-state index is 0.224. The van der Waals surface area contributed by atoms with Crippen LogP contribution in [0.4, 0.5) is 0 Å². The molecular weight excluding hydrogens is 212 g/mol. The molecule has 1 aromatic carbocycles. The Morgan fingerprint density at radius 2 is 2.06 bits per heavy atom. The second-order valence-electron chi connectivity index (χ2n) is 4.82. The van der Waals surface area contributed by atoms with Gasteiger partial charge in [0.25, 0.3) is 0 Å². The standard InChI is InChI=1S/C14H24N2O/c1-10(2)9-16-13(8-15)12-5-6-14(17-4)11(3)7-12/h5-7,10,13,16H,8-9,15H2,1-4H3. The first-order valence-corrected chi connectivity index (χ1v) is 6.16. The molecule has 0 aliphatic heterocycles. The van der Waals surface area contributed by atoms with Crippen LogP contribution in [0.3, 0.4) is 0 Å². The van der Waals surface area contributed by atoms with Crippen molar-refractivity contribution in [2.75, 3.05) is 20.2 Å². The van der Waals surface area contributed by atoms with Gasteiger partial charge in [0.05, 0.1) is 7.11 Å². The van der Waals surface area contributed by atoms with E-state index in [1.54, 1.807) is 7.11 Å². The topological polar surface area (TPSA) is 47.3 Å². The highest BCUT2D eigenvalue weighted by Crippen LogP contribution is 2.22. The molecule has 17 heavy (non-hydrogen) atoms. The fourth-order valence-corrected chi connectivity index (χ4v) is 1.83. The van der Waals surface area contributed by atoms with E-state index in [0.29, 0.717) is 12.5 Å². The number of benzene rings is 1. The summed E-state index contributed by atoms with van der Waals surface area (Å²) < 4.78 is 5.26. The van der Waals surface area contributed by atoms with Crippen molar-refractivity contribution in [2.24, 2.45) is 11.7 Å². The smallest absolute Gasteiger partial charge is 0.121 e. The highest BCUT2D eigenvalue weighted by molar-refractivity contribution is 5.37. The Morgan fingerprint density at radius 3 is 2.53 bits per heavy atom. The molecule has 0 aliphatic carbocycles. The van der Waals surface area contributed by atoms with E-state index in [0.717, 1.165) is 17.9 Å². The summed E-state index contributed by atoms with van der Waals surface area (Å²) in [5, 5.41) is 3.48. The van der Waals surface area contributed by atoms with Crippen LogP contribution in [0.5, 0.6) is 5.75 Å². The summed E-state index contributed by atoms with van der Waals surface area (Å²) in [4.78, 5) is 0. The molecule has 96 valence electrons. The van der Waals surface area contributed by atoms with Crippen molar-refractivity contribution in [3.63, 3.8) is 0 Å². The van der Waals surface area contributed by atoms with Crippen molar-refractivity contribution < 1.29 is 4.74 Å². The number of hydrogen-bond acceptors (Lipinski definition) is 3. The summed E-state index contributed by atoms with van der Waals surface area (Å²) in [5.74, 6) is 1.55. The number of methoxy groups -OCH3 is 1. The Hall–Kier alpha value is -1.06. The van der Waals surface area contributed by atoms with Crippen LogP contribution in [0.15, 0.2) is 18.2 Å². The van der Waals surface area contributed by atoms with Crippen molar-refractivity contribution in [3.05, 3.63) is 29.3 Å². The van der Waals surface area contributed by atoms with Gasteiger partial charge in [-0.25, -0.2) is 0 Å². The minimum Gasteiger partial charge on any atom is -0.496 e. The average molecular weight is 236 g/mol. The van der Waals surface area contributed by atoms with Crippen molar-refractivity contribution in [2.45, 2.75) is 26.8 Å². The van der Waals surface area contributed by atoms with E-state index in [1.165, 1.54) is 5.56 Å². The van der Waals surface area contributed by atoms with E-state index in [9.17, 15) is 0 Å². The van der Waals surface area contributed by atoms with Gasteiger partial charge in [-0.3, -0.25) is 0 Å². The van der Waals surface area contributed by atoms with Crippen LogP contribution in [0.25, 0.3) is 0 Å². The largest absolute Gasteiger partial charge is 0.496 e. The lowest BCUT2D eigenvalue weighted by atomic mass is 10.0. The van der Waals surface area contributed by atoms with E-state index in [-0.39, 0.29) is 6.04 Å². The molecule has 1 aromatic rings. The van der Waals surface area contributed by atoms with Gasteiger partial charge in [-0.2, -0.15) is 0 Å². The summed E-state index contributed by atoms with van der Waals surface area (Å²) >= 11 is 0. The molecule has 0 saturated carbocycles. The van der Waals surface area contributed by atoms with Crippen LogP contribution in [0, 0.1) is 12.8 Å². The molecule has 1 rings (SSSR count).